The zero-order chi connectivity index (χ0) is 26.1. The van der Waals surface area contributed by atoms with E-state index in [1.54, 1.807) is 26.5 Å². The van der Waals surface area contributed by atoms with Crippen LogP contribution in [0.4, 0.5) is 16.4 Å². The van der Waals surface area contributed by atoms with Gasteiger partial charge in [-0.15, -0.1) is 0 Å². The first kappa shape index (κ1) is 27.6. The monoisotopic (exact) mass is 519 g/mol. The highest BCUT2D eigenvalue weighted by molar-refractivity contribution is 7.99. The molecule has 0 aromatic carbocycles. The molecule has 0 spiro atoms. The third-order valence-corrected chi connectivity index (χ3v) is 6.38. The number of methoxy groups -OCH3 is 2. The molecule has 1 saturated heterocycles. The van der Waals surface area contributed by atoms with Crippen molar-refractivity contribution in [2.24, 2.45) is 0 Å². The average Bonchev–Trinajstić information content (AvgIpc) is 2.83. The van der Waals surface area contributed by atoms with Crippen LogP contribution < -0.4 is 25.4 Å². The number of unbranched alkanes of at least 4 members (excludes halogenated alkanes) is 1. The van der Waals surface area contributed by atoms with Crippen molar-refractivity contribution in [3.63, 3.8) is 0 Å². The van der Waals surface area contributed by atoms with E-state index >= 15 is 0 Å². The van der Waals surface area contributed by atoms with E-state index in [1.807, 2.05) is 26.8 Å². The lowest BCUT2D eigenvalue weighted by Gasteiger charge is -2.35. The van der Waals surface area contributed by atoms with E-state index in [-0.39, 0.29) is 6.09 Å². The Morgan fingerprint density at radius 3 is 2.53 bits per heavy atom. The highest BCUT2D eigenvalue weighted by Gasteiger charge is 2.23. The molecule has 0 bridgehead atoms. The molecule has 3 heterocycles. The lowest BCUT2D eigenvalue weighted by atomic mass is 10.2. The Labute approximate surface area is 217 Å². The summed E-state index contributed by atoms with van der Waals surface area (Å²) in [7, 11) is 3.21. The molecule has 1 aliphatic heterocycles. The average molecular weight is 520 g/mol. The summed E-state index contributed by atoms with van der Waals surface area (Å²) in [6, 6.07) is 3.57. The number of nitrogens with zero attached hydrogens (tertiary/aromatic N) is 5. The molecule has 11 nitrogen and oxygen atoms in total. The van der Waals surface area contributed by atoms with Crippen LogP contribution in [-0.4, -0.2) is 85.0 Å². The van der Waals surface area contributed by atoms with Gasteiger partial charge in [0, 0.05) is 45.0 Å². The standard InChI is InChI=1S/C24H37N7O4S/c1-24(2,3)35-23(32)27-9-6-7-11-30-12-14-31(15-13-30)19-16-17(33-4)20(21(29-19)34-5)36-22-26-10-8-18(25)28-22/h8,10,16H,6-7,9,11-15H2,1-5H3,(H,27,32)(H2,25,26,28). The third-order valence-electron chi connectivity index (χ3n) is 5.42. The maximum absolute atomic E-state index is 11.7. The Bertz CT molecular complexity index is 985. The number of nitrogens with one attached hydrogen (secondary N) is 1. The van der Waals surface area contributed by atoms with E-state index in [4.69, 9.17) is 24.9 Å². The first-order chi connectivity index (χ1) is 17.2. The van der Waals surface area contributed by atoms with Crippen LogP contribution in [0, 0.1) is 0 Å². The first-order valence-corrected chi connectivity index (χ1v) is 12.8. The molecule has 0 atom stereocenters. The van der Waals surface area contributed by atoms with Gasteiger partial charge in [0.1, 0.15) is 27.9 Å². The molecule has 0 radical (unpaired) electrons. The Balaban J connectivity index is 1.50. The molecule has 3 rings (SSSR count). The third kappa shape index (κ3) is 8.30. The van der Waals surface area contributed by atoms with E-state index in [0.29, 0.717) is 34.0 Å². The Kier molecular flexibility index (Phi) is 9.82. The van der Waals surface area contributed by atoms with Crippen molar-refractivity contribution in [2.45, 2.75) is 49.3 Å². The van der Waals surface area contributed by atoms with Crippen LogP contribution >= 0.6 is 11.8 Å². The van der Waals surface area contributed by atoms with Gasteiger partial charge in [-0.05, 0) is 58.0 Å². The van der Waals surface area contributed by atoms with Gasteiger partial charge < -0.3 is 30.2 Å². The summed E-state index contributed by atoms with van der Waals surface area (Å²) in [6.45, 7) is 10.7. The number of hydrogen-bond donors (Lipinski definition) is 2. The largest absolute Gasteiger partial charge is 0.495 e. The van der Waals surface area contributed by atoms with E-state index in [1.165, 1.54) is 11.8 Å². The minimum atomic E-state index is -0.476. The lowest BCUT2D eigenvalue weighted by Crippen LogP contribution is -2.47. The maximum Gasteiger partial charge on any atom is 0.407 e. The summed E-state index contributed by atoms with van der Waals surface area (Å²) >= 11 is 1.30. The van der Waals surface area contributed by atoms with Crippen LogP contribution in [0.1, 0.15) is 33.6 Å². The highest BCUT2D eigenvalue weighted by atomic mass is 32.2. The summed E-state index contributed by atoms with van der Waals surface area (Å²) in [5.74, 6) is 2.31. The smallest absolute Gasteiger partial charge is 0.407 e. The number of amides is 1. The Hall–Kier alpha value is -2.99. The number of nitrogen functional groups attached to an aromatic ring is 1. The van der Waals surface area contributed by atoms with E-state index in [0.717, 1.165) is 51.4 Å². The normalized spacial score (nSPS) is 14.4. The van der Waals surface area contributed by atoms with Gasteiger partial charge in [-0.3, -0.25) is 4.90 Å². The van der Waals surface area contributed by atoms with Crippen molar-refractivity contribution in [2.75, 3.05) is 64.1 Å². The predicted molar refractivity (Wildman–Crippen MR) is 140 cm³/mol. The topological polar surface area (TPSA) is 128 Å². The molecule has 12 heteroatoms. The number of alkyl carbamates (subject to hydrolysis) is 1. The van der Waals surface area contributed by atoms with Crippen LogP contribution in [0.15, 0.2) is 28.4 Å². The quantitative estimate of drug-likeness (QED) is 0.355. The van der Waals surface area contributed by atoms with Crippen LogP contribution in [0.5, 0.6) is 11.6 Å². The van der Waals surface area contributed by atoms with Crippen molar-refractivity contribution in [1.82, 2.24) is 25.2 Å². The van der Waals surface area contributed by atoms with Gasteiger partial charge in [-0.25, -0.2) is 14.8 Å². The number of aromatic nitrogens is 3. The molecule has 0 aliphatic carbocycles. The zero-order valence-electron chi connectivity index (χ0n) is 21.7. The van der Waals surface area contributed by atoms with Crippen molar-refractivity contribution in [3.8, 4) is 11.6 Å². The van der Waals surface area contributed by atoms with Crippen molar-refractivity contribution >= 4 is 29.5 Å². The van der Waals surface area contributed by atoms with Gasteiger partial charge in [0.05, 0.1) is 14.2 Å². The lowest BCUT2D eigenvalue weighted by molar-refractivity contribution is 0.0526. The van der Waals surface area contributed by atoms with Gasteiger partial charge >= 0.3 is 6.09 Å². The van der Waals surface area contributed by atoms with E-state index in [9.17, 15) is 4.79 Å². The van der Waals surface area contributed by atoms with Gasteiger partial charge in [0.25, 0.3) is 0 Å². The maximum atomic E-state index is 11.7. The number of nitrogens with two attached hydrogens (primary N) is 1. The Morgan fingerprint density at radius 1 is 1.14 bits per heavy atom. The number of pyridine rings is 1. The number of piperazine rings is 1. The molecule has 2 aromatic rings. The SMILES string of the molecule is COc1cc(N2CCN(CCCCNC(=O)OC(C)(C)C)CC2)nc(OC)c1Sc1nccc(N)n1. The molecule has 1 fully saturated rings. The van der Waals surface area contributed by atoms with E-state index < -0.39 is 5.60 Å². The minimum absolute atomic E-state index is 0.362. The summed E-state index contributed by atoms with van der Waals surface area (Å²) < 4.78 is 16.5. The Morgan fingerprint density at radius 2 is 1.89 bits per heavy atom. The molecule has 1 aliphatic rings. The fourth-order valence-corrected chi connectivity index (χ4v) is 4.59. The zero-order valence-corrected chi connectivity index (χ0v) is 22.6. The fourth-order valence-electron chi connectivity index (χ4n) is 3.68. The van der Waals surface area contributed by atoms with Gasteiger partial charge in [-0.2, -0.15) is 4.98 Å². The molecular weight excluding hydrogens is 482 g/mol. The number of hydrogen-bond acceptors (Lipinski definition) is 11. The molecule has 0 saturated carbocycles. The summed E-state index contributed by atoms with van der Waals surface area (Å²) in [6.07, 6.45) is 3.17. The molecule has 198 valence electrons. The van der Waals surface area contributed by atoms with Crippen molar-refractivity contribution < 1.29 is 19.0 Å². The van der Waals surface area contributed by atoms with Crippen molar-refractivity contribution in [3.05, 3.63) is 18.3 Å². The van der Waals surface area contributed by atoms with Crippen LogP contribution in [-0.2, 0) is 4.74 Å². The highest BCUT2D eigenvalue weighted by Crippen LogP contribution is 2.41. The number of anilines is 2. The summed E-state index contributed by atoms with van der Waals surface area (Å²) in [4.78, 5) is 30.3. The van der Waals surface area contributed by atoms with Gasteiger partial charge in [0.2, 0.25) is 5.88 Å². The second kappa shape index (κ2) is 12.8. The van der Waals surface area contributed by atoms with Gasteiger partial charge in [-0.1, -0.05) is 0 Å². The predicted octanol–water partition coefficient (Wildman–Crippen LogP) is 3.05. The molecule has 3 N–H and O–H groups in total. The number of carbonyl (C=O) groups excluding carboxylic acids is 1. The van der Waals surface area contributed by atoms with E-state index in [2.05, 4.69) is 25.1 Å². The van der Waals surface area contributed by atoms with Gasteiger partial charge in [0.15, 0.2) is 5.16 Å². The van der Waals surface area contributed by atoms with Crippen LogP contribution in [0.3, 0.4) is 0 Å². The second-order valence-electron chi connectivity index (χ2n) is 9.35. The number of carbonyl (C=O) groups is 1. The minimum Gasteiger partial charge on any atom is -0.495 e. The first-order valence-electron chi connectivity index (χ1n) is 12.0. The molecule has 2 aromatic heterocycles. The van der Waals surface area contributed by atoms with Crippen molar-refractivity contribution in [1.29, 1.82) is 0 Å². The number of ether oxygens (including phenoxy) is 3. The number of rotatable bonds is 10. The second-order valence-corrected chi connectivity index (χ2v) is 10.3. The fraction of sp³-hybridized carbons (Fsp3) is 0.583. The molecule has 36 heavy (non-hydrogen) atoms. The summed E-state index contributed by atoms with van der Waals surface area (Å²) in [5.41, 5.74) is 5.31. The molecule has 0 unspecified atom stereocenters. The van der Waals surface area contributed by atoms with Crippen LogP contribution in [0.2, 0.25) is 0 Å². The van der Waals surface area contributed by atoms with Crippen LogP contribution in [0.25, 0.3) is 0 Å². The molecule has 1 amide bonds. The molecular formula is C24H37N7O4S. The summed E-state index contributed by atoms with van der Waals surface area (Å²) in [5, 5.41) is 3.31.